The summed E-state index contributed by atoms with van der Waals surface area (Å²) in [5.41, 5.74) is -0.516. The first kappa shape index (κ1) is 15.9. The van der Waals surface area contributed by atoms with Crippen LogP contribution in [0.3, 0.4) is 0 Å². The van der Waals surface area contributed by atoms with E-state index in [1.165, 1.54) is 5.57 Å². The molecule has 0 aromatic heterocycles. The van der Waals surface area contributed by atoms with Gasteiger partial charge >= 0.3 is 11.9 Å². The van der Waals surface area contributed by atoms with Gasteiger partial charge in [0.25, 0.3) is 0 Å². The van der Waals surface area contributed by atoms with Crippen LogP contribution in [0.1, 0.15) is 45.4 Å². The lowest BCUT2D eigenvalue weighted by atomic mass is 9.50. The predicted octanol–water partition coefficient (Wildman–Crippen LogP) is 2.38. The number of carbonyl (C=O) groups excluding carboxylic acids is 1. The highest BCUT2D eigenvalue weighted by molar-refractivity contribution is 5.82. The predicted molar refractivity (Wildman–Crippen MR) is 88.4 cm³/mol. The molecule has 1 spiro atoms. The molecule has 5 rings (SSSR count). The standard InChI is InChI=1S/C20H26O5/c1-10-7-20-8-11(10)3-4-12(20)19-6-5-13(21)18(2,17(24)25-9-19)15(19)14(20)16(22)23/h11-15,21H,1,3-9H2,2H3,(H,22,23)/t11-,12+,13+,14-,15-,18-,19+,20+/m1/s1. The van der Waals surface area contributed by atoms with Crippen molar-refractivity contribution < 1.29 is 24.5 Å². The van der Waals surface area contributed by atoms with Crippen molar-refractivity contribution in [3.63, 3.8) is 0 Å². The number of carboxylic acid groups (broad SMARTS) is 1. The molecule has 0 radical (unpaired) electrons. The van der Waals surface area contributed by atoms with Crippen molar-refractivity contribution in [3.8, 4) is 0 Å². The summed E-state index contributed by atoms with van der Waals surface area (Å²) in [7, 11) is 0. The van der Waals surface area contributed by atoms with Crippen LogP contribution in [0.15, 0.2) is 12.2 Å². The van der Waals surface area contributed by atoms with Gasteiger partial charge in [0.15, 0.2) is 0 Å². The minimum Gasteiger partial charge on any atom is -0.481 e. The first-order chi connectivity index (χ1) is 11.8. The van der Waals surface area contributed by atoms with Crippen LogP contribution in [-0.2, 0) is 14.3 Å². The van der Waals surface area contributed by atoms with Crippen LogP contribution in [0, 0.1) is 39.9 Å². The molecular weight excluding hydrogens is 320 g/mol. The van der Waals surface area contributed by atoms with Crippen LogP contribution in [0.2, 0.25) is 0 Å². The lowest BCUT2D eigenvalue weighted by Gasteiger charge is -2.57. The molecular formula is C20H26O5. The Morgan fingerprint density at radius 2 is 2.04 bits per heavy atom. The van der Waals surface area contributed by atoms with Gasteiger partial charge in [-0.05, 0) is 62.7 Å². The fraction of sp³-hybridized carbons (Fsp3) is 0.800. The number of cyclic esters (lactones) is 1. The Morgan fingerprint density at radius 3 is 2.76 bits per heavy atom. The van der Waals surface area contributed by atoms with Gasteiger partial charge in [0.05, 0.1) is 24.0 Å². The first-order valence-electron chi connectivity index (χ1n) is 9.53. The van der Waals surface area contributed by atoms with Crippen LogP contribution >= 0.6 is 0 Å². The summed E-state index contributed by atoms with van der Waals surface area (Å²) in [4.78, 5) is 25.2. The number of aliphatic carboxylic acids is 1. The second-order valence-electron chi connectivity index (χ2n) is 9.54. The van der Waals surface area contributed by atoms with E-state index >= 15 is 0 Å². The molecule has 1 saturated heterocycles. The molecule has 136 valence electrons. The highest BCUT2D eigenvalue weighted by Gasteiger charge is 2.79. The van der Waals surface area contributed by atoms with Crippen molar-refractivity contribution in [2.45, 2.75) is 51.6 Å². The Morgan fingerprint density at radius 1 is 1.28 bits per heavy atom. The summed E-state index contributed by atoms with van der Waals surface area (Å²) in [6, 6.07) is 0. The Balaban J connectivity index is 1.76. The molecule has 0 amide bonds. The number of carbonyl (C=O) groups is 2. The van der Waals surface area contributed by atoms with Crippen LogP contribution in [0.25, 0.3) is 0 Å². The lowest BCUT2D eigenvalue weighted by molar-refractivity contribution is -0.220. The summed E-state index contributed by atoms with van der Waals surface area (Å²) in [6.45, 7) is 6.33. The molecule has 5 fully saturated rings. The van der Waals surface area contributed by atoms with Gasteiger partial charge in [0.1, 0.15) is 0 Å². The third-order valence-electron chi connectivity index (χ3n) is 8.92. The van der Waals surface area contributed by atoms with E-state index < -0.39 is 29.4 Å². The van der Waals surface area contributed by atoms with Gasteiger partial charge in [0, 0.05) is 11.3 Å². The average molecular weight is 346 g/mol. The van der Waals surface area contributed by atoms with Gasteiger partial charge in [0.2, 0.25) is 0 Å². The van der Waals surface area contributed by atoms with Crippen molar-refractivity contribution >= 4 is 11.9 Å². The SMILES string of the molecule is C=C1C[C@]23C[C@H]1CC[C@H]2[C@]12CC[C@H](O)[C@@](C)(C(=O)OC1)[C@H]2[C@@H]3C(=O)O. The molecule has 1 heterocycles. The molecule has 0 aromatic carbocycles. The zero-order valence-electron chi connectivity index (χ0n) is 14.7. The van der Waals surface area contributed by atoms with E-state index in [0.717, 1.165) is 32.1 Å². The van der Waals surface area contributed by atoms with E-state index in [-0.39, 0.29) is 22.7 Å². The van der Waals surface area contributed by atoms with Crippen molar-refractivity contribution in [2.75, 3.05) is 6.61 Å². The minimum atomic E-state index is -1.11. The molecule has 5 heteroatoms. The Bertz CT molecular complexity index is 700. The highest BCUT2D eigenvalue weighted by atomic mass is 16.5. The van der Waals surface area contributed by atoms with Crippen molar-refractivity contribution in [3.05, 3.63) is 12.2 Å². The molecule has 2 N–H and O–H groups in total. The Kier molecular flexibility index (Phi) is 2.84. The first-order valence-corrected chi connectivity index (χ1v) is 9.53. The minimum absolute atomic E-state index is 0.251. The summed E-state index contributed by atoms with van der Waals surface area (Å²) in [5.74, 6) is -1.47. The summed E-state index contributed by atoms with van der Waals surface area (Å²) >= 11 is 0. The Labute approximate surface area is 147 Å². The average Bonchev–Trinajstić information content (AvgIpc) is 2.97. The Hall–Kier alpha value is -1.36. The summed E-state index contributed by atoms with van der Waals surface area (Å²) < 4.78 is 5.62. The molecule has 1 aliphatic heterocycles. The van der Waals surface area contributed by atoms with Crippen molar-refractivity contribution in [1.82, 2.24) is 0 Å². The van der Waals surface area contributed by atoms with Crippen molar-refractivity contribution in [1.29, 1.82) is 0 Å². The molecule has 4 aliphatic carbocycles. The van der Waals surface area contributed by atoms with Crippen LogP contribution < -0.4 is 0 Å². The molecule has 5 aliphatic rings. The van der Waals surface area contributed by atoms with Gasteiger partial charge in [-0.25, -0.2) is 0 Å². The topological polar surface area (TPSA) is 83.8 Å². The number of aliphatic hydroxyl groups is 1. The van der Waals surface area contributed by atoms with Gasteiger partial charge in [-0.2, -0.15) is 0 Å². The number of esters is 1. The molecule has 4 bridgehead atoms. The maximum atomic E-state index is 12.7. The van der Waals surface area contributed by atoms with Gasteiger partial charge in [-0.3, -0.25) is 9.59 Å². The maximum Gasteiger partial charge on any atom is 0.314 e. The highest BCUT2D eigenvalue weighted by Crippen LogP contribution is 2.78. The fourth-order valence-corrected chi connectivity index (χ4v) is 8.12. The van der Waals surface area contributed by atoms with E-state index in [0.29, 0.717) is 18.9 Å². The quantitative estimate of drug-likeness (QED) is 0.563. The van der Waals surface area contributed by atoms with Crippen LogP contribution in [0.5, 0.6) is 0 Å². The number of hydrogen-bond donors (Lipinski definition) is 2. The van der Waals surface area contributed by atoms with E-state index in [9.17, 15) is 19.8 Å². The number of allylic oxidation sites excluding steroid dienone is 1. The second-order valence-corrected chi connectivity index (χ2v) is 9.54. The fourth-order valence-electron chi connectivity index (χ4n) is 8.12. The van der Waals surface area contributed by atoms with E-state index in [1.807, 2.05) is 0 Å². The molecule has 8 atom stereocenters. The largest absolute Gasteiger partial charge is 0.481 e. The lowest BCUT2D eigenvalue weighted by Crippen LogP contribution is -2.63. The zero-order chi connectivity index (χ0) is 17.8. The molecule has 4 saturated carbocycles. The zero-order valence-corrected chi connectivity index (χ0v) is 14.7. The number of carboxylic acids is 1. The number of aliphatic hydroxyl groups excluding tert-OH is 1. The molecule has 0 unspecified atom stereocenters. The monoisotopic (exact) mass is 346 g/mol. The van der Waals surface area contributed by atoms with Crippen LogP contribution in [-0.4, -0.2) is 34.9 Å². The van der Waals surface area contributed by atoms with Gasteiger partial charge in [-0.15, -0.1) is 0 Å². The summed E-state index contributed by atoms with van der Waals surface area (Å²) in [6.07, 6.45) is 4.20. The van der Waals surface area contributed by atoms with E-state index in [2.05, 4.69) is 6.58 Å². The number of rotatable bonds is 1. The van der Waals surface area contributed by atoms with Crippen LogP contribution in [0.4, 0.5) is 0 Å². The van der Waals surface area contributed by atoms with E-state index in [1.54, 1.807) is 6.92 Å². The van der Waals surface area contributed by atoms with Crippen molar-refractivity contribution in [2.24, 2.45) is 39.9 Å². The molecule has 5 nitrogen and oxygen atoms in total. The van der Waals surface area contributed by atoms with Gasteiger partial charge in [-0.1, -0.05) is 12.2 Å². The third-order valence-corrected chi connectivity index (χ3v) is 8.92. The number of hydrogen-bond acceptors (Lipinski definition) is 4. The maximum absolute atomic E-state index is 12.7. The molecule has 25 heavy (non-hydrogen) atoms. The number of fused-ring (bicyclic) bond motifs is 1. The second kappa shape index (κ2) is 4.48. The summed E-state index contributed by atoms with van der Waals surface area (Å²) in [5, 5.41) is 21.0. The van der Waals surface area contributed by atoms with E-state index in [4.69, 9.17) is 4.74 Å². The van der Waals surface area contributed by atoms with Gasteiger partial charge < -0.3 is 14.9 Å². The number of ether oxygens (including phenoxy) is 1. The normalized spacial score (nSPS) is 56.2. The smallest absolute Gasteiger partial charge is 0.314 e. The molecule has 0 aromatic rings. The third kappa shape index (κ3) is 1.52.